The Bertz CT molecular complexity index is 319. The Morgan fingerprint density at radius 3 is 2.77 bits per heavy atom. The fraction of sp³-hybridized carbons (Fsp3) is 0.556. The minimum Gasteiger partial charge on any atom is -0.477 e. The highest BCUT2D eigenvalue weighted by atomic mass is 16.4. The fourth-order valence-corrected chi connectivity index (χ4v) is 2.01. The fourth-order valence-electron chi connectivity index (χ4n) is 2.01. The van der Waals surface area contributed by atoms with Gasteiger partial charge in [-0.2, -0.15) is 0 Å². The minimum absolute atomic E-state index is 0.0542. The molecule has 1 atom stereocenters. The highest BCUT2D eigenvalue weighted by Gasteiger charge is 2.43. The van der Waals surface area contributed by atoms with E-state index < -0.39 is 5.97 Å². The maximum absolute atomic E-state index is 11.2. The third kappa shape index (κ3) is 1.05. The van der Waals surface area contributed by atoms with Crippen LogP contribution in [0, 0.1) is 0 Å². The number of nitrogens with zero attached hydrogens (tertiary/aromatic N) is 1. The summed E-state index contributed by atoms with van der Waals surface area (Å²) in [6, 6.07) is 0.155. The van der Waals surface area contributed by atoms with Crippen LogP contribution in [0.15, 0.2) is 11.3 Å². The minimum atomic E-state index is -0.977. The molecule has 2 aliphatic heterocycles. The average molecular weight is 181 g/mol. The van der Waals surface area contributed by atoms with E-state index in [1.165, 1.54) is 4.90 Å². The zero-order valence-corrected chi connectivity index (χ0v) is 7.41. The molecule has 0 radical (unpaired) electrons. The van der Waals surface area contributed by atoms with E-state index in [0.29, 0.717) is 6.42 Å². The zero-order chi connectivity index (χ0) is 9.59. The monoisotopic (exact) mass is 181 g/mol. The van der Waals surface area contributed by atoms with E-state index in [1.807, 2.05) is 0 Å². The van der Waals surface area contributed by atoms with Gasteiger partial charge in [-0.25, -0.2) is 4.79 Å². The molecule has 0 bridgehead atoms. The van der Waals surface area contributed by atoms with Crippen molar-refractivity contribution in [2.75, 3.05) is 0 Å². The molecule has 4 heteroatoms. The van der Waals surface area contributed by atoms with E-state index in [9.17, 15) is 9.59 Å². The van der Waals surface area contributed by atoms with E-state index in [-0.39, 0.29) is 17.6 Å². The molecule has 1 saturated heterocycles. The lowest BCUT2D eigenvalue weighted by atomic mass is 9.88. The topological polar surface area (TPSA) is 57.6 Å². The second-order valence-corrected chi connectivity index (χ2v) is 3.59. The van der Waals surface area contributed by atoms with Crippen LogP contribution in [0.2, 0.25) is 0 Å². The van der Waals surface area contributed by atoms with E-state index >= 15 is 0 Å². The number of amides is 1. The van der Waals surface area contributed by atoms with Crippen molar-refractivity contribution in [2.24, 2.45) is 0 Å². The van der Waals surface area contributed by atoms with Crippen molar-refractivity contribution in [1.82, 2.24) is 4.90 Å². The third-order valence-corrected chi connectivity index (χ3v) is 2.74. The van der Waals surface area contributed by atoms with Crippen LogP contribution in [0.1, 0.15) is 26.2 Å². The molecule has 0 aromatic carbocycles. The van der Waals surface area contributed by atoms with Crippen LogP contribution in [0.5, 0.6) is 0 Å². The van der Waals surface area contributed by atoms with Gasteiger partial charge in [-0.1, -0.05) is 0 Å². The zero-order valence-electron chi connectivity index (χ0n) is 7.41. The number of carbonyl (C=O) groups excluding carboxylic acids is 1. The smallest absolute Gasteiger partial charge is 0.352 e. The van der Waals surface area contributed by atoms with Crippen LogP contribution >= 0.6 is 0 Å². The number of rotatable bonds is 1. The van der Waals surface area contributed by atoms with Gasteiger partial charge >= 0.3 is 5.97 Å². The first-order valence-electron chi connectivity index (χ1n) is 4.36. The molecular formula is C9H11NO3. The molecule has 2 aliphatic rings. The van der Waals surface area contributed by atoms with E-state index in [2.05, 4.69) is 0 Å². The number of allylic oxidation sites excluding steroid dienone is 1. The number of carbonyl (C=O) groups is 2. The van der Waals surface area contributed by atoms with Gasteiger partial charge in [0, 0.05) is 12.5 Å². The molecule has 1 fully saturated rings. The highest BCUT2D eigenvalue weighted by Crippen LogP contribution is 2.35. The summed E-state index contributed by atoms with van der Waals surface area (Å²) in [5.74, 6) is -1.03. The summed E-state index contributed by atoms with van der Waals surface area (Å²) < 4.78 is 0. The van der Waals surface area contributed by atoms with E-state index in [4.69, 9.17) is 5.11 Å². The number of carboxylic acids is 1. The summed E-state index contributed by atoms with van der Waals surface area (Å²) >= 11 is 0. The summed E-state index contributed by atoms with van der Waals surface area (Å²) in [5, 5.41) is 8.90. The van der Waals surface area contributed by atoms with Crippen molar-refractivity contribution in [3.63, 3.8) is 0 Å². The van der Waals surface area contributed by atoms with Gasteiger partial charge in [-0.15, -0.1) is 0 Å². The van der Waals surface area contributed by atoms with Crippen molar-refractivity contribution < 1.29 is 14.7 Å². The molecule has 2 rings (SSSR count). The van der Waals surface area contributed by atoms with Crippen LogP contribution < -0.4 is 0 Å². The predicted octanol–water partition coefficient (Wildman–Crippen LogP) is 0.740. The van der Waals surface area contributed by atoms with Gasteiger partial charge in [-0.3, -0.25) is 4.79 Å². The number of fused-ring (bicyclic) bond motifs is 1. The molecule has 0 aromatic rings. The number of carboxylic acid groups (broad SMARTS) is 1. The molecule has 1 N–H and O–H groups in total. The van der Waals surface area contributed by atoms with E-state index in [1.54, 1.807) is 6.92 Å². The summed E-state index contributed by atoms with van der Waals surface area (Å²) in [4.78, 5) is 23.4. The van der Waals surface area contributed by atoms with Gasteiger partial charge < -0.3 is 10.0 Å². The maximum atomic E-state index is 11.2. The number of hydrogen-bond donors (Lipinski definition) is 1. The van der Waals surface area contributed by atoms with Crippen molar-refractivity contribution in [3.8, 4) is 0 Å². The molecule has 0 spiro atoms. The molecule has 13 heavy (non-hydrogen) atoms. The van der Waals surface area contributed by atoms with Gasteiger partial charge in [0.2, 0.25) is 5.91 Å². The third-order valence-electron chi connectivity index (χ3n) is 2.74. The highest BCUT2D eigenvalue weighted by molar-refractivity contribution is 5.97. The molecule has 0 aromatic heterocycles. The molecular weight excluding hydrogens is 170 g/mol. The van der Waals surface area contributed by atoms with Crippen LogP contribution in [0.3, 0.4) is 0 Å². The molecule has 0 saturated carbocycles. The van der Waals surface area contributed by atoms with Gasteiger partial charge in [0.15, 0.2) is 0 Å². The lowest BCUT2D eigenvalue weighted by Gasteiger charge is -2.44. The molecule has 1 amide bonds. The standard InChI is InChI=1S/C9H11NO3/c1-5-2-3-6-4-7(11)10(6)8(5)9(12)13/h6H,2-4H2,1H3,(H,12,13). The van der Waals surface area contributed by atoms with Crippen molar-refractivity contribution in [3.05, 3.63) is 11.3 Å². The number of β-lactam (4-membered cyclic amide) rings is 1. The van der Waals surface area contributed by atoms with Gasteiger partial charge in [-0.05, 0) is 25.3 Å². The molecule has 70 valence electrons. The largest absolute Gasteiger partial charge is 0.477 e. The second-order valence-electron chi connectivity index (χ2n) is 3.59. The lowest BCUT2D eigenvalue weighted by molar-refractivity contribution is -0.150. The first kappa shape index (κ1) is 8.29. The quantitative estimate of drug-likeness (QED) is 0.607. The van der Waals surface area contributed by atoms with Crippen LogP contribution in [0.25, 0.3) is 0 Å². The van der Waals surface area contributed by atoms with Crippen molar-refractivity contribution in [2.45, 2.75) is 32.2 Å². The molecule has 0 aliphatic carbocycles. The second kappa shape index (κ2) is 2.58. The van der Waals surface area contributed by atoms with E-state index in [0.717, 1.165) is 18.4 Å². The van der Waals surface area contributed by atoms with Gasteiger partial charge in [0.25, 0.3) is 0 Å². The summed E-state index contributed by atoms with van der Waals surface area (Å²) in [6.45, 7) is 1.78. The Morgan fingerprint density at radius 2 is 2.31 bits per heavy atom. The summed E-state index contributed by atoms with van der Waals surface area (Å²) in [6.07, 6.45) is 2.23. The van der Waals surface area contributed by atoms with Crippen LogP contribution in [-0.4, -0.2) is 27.9 Å². The van der Waals surface area contributed by atoms with Crippen molar-refractivity contribution >= 4 is 11.9 Å². The molecule has 1 unspecified atom stereocenters. The summed E-state index contributed by atoms with van der Waals surface area (Å²) in [7, 11) is 0. The Morgan fingerprint density at radius 1 is 1.62 bits per heavy atom. The predicted molar refractivity (Wildman–Crippen MR) is 44.8 cm³/mol. The Kier molecular flexibility index (Phi) is 1.65. The first-order valence-corrected chi connectivity index (χ1v) is 4.36. The average Bonchev–Trinajstić information content (AvgIpc) is 2.05. The SMILES string of the molecule is CC1=C(C(=O)O)N2C(=O)CC2CC1. The maximum Gasteiger partial charge on any atom is 0.352 e. The summed E-state index contributed by atoms with van der Waals surface area (Å²) in [5.41, 5.74) is 1.03. The van der Waals surface area contributed by atoms with Gasteiger partial charge in [0.1, 0.15) is 5.70 Å². The van der Waals surface area contributed by atoms with Gasteiger partial charge in [0.05, 0.1) is 0 Å². The Hall–Kier alpha value is -1.32. The number of aliphatic carboxylic acids is 1. The number of hydrogen-bond acceptors (Lipinski definition) is 2. The molecule has 4 nitrogen and oxygen atoms in total. The van der Waals surface area contributed by atoms with Crippen molar-refractivity contribution in [1.29, 1.82) is 0 Å². The normalized spacial score (nSPS) is 27.0. The Balaban J connectivity index is 2.37. The first-order chi connectivity index (χ1) is 6.11. The lowest BCUT2D eigenvalue weighted by Crippen LogP contribution is -2.55. The van der Waals surface area contributed by atoms with Crippen LogP contribution in [0.4, 0.5) is 0 Å². The van der Waals surface area contributed by atoms with Crippen LogP contribution in [-0.2, 0) is 9.59 Å². The Labute approximate surface area is 75.8 Å². The molecule has 2 heterocycles.